The summed E-state index contributed by atoms with van der Waals surface area (Å²) in [6, 6.07) is 9.95. The van der Waals surface area contributed by atoms with Crippen LogP contribution in [-0.4, -0.2) is 63.4 Å². The normalized spacial score (nSPS) is 19.6. The number of oxime groups is 1. The molecule has 2 aliphatic heterocycles. The summed E-state index contributed by atoms with van der Waals surface area (Å²) in [6.45, 7) is 3.93. The fourth-order valence-electron chi connectivity index (χ4n) is 5.21. The monoisotopic (exact) mass is 595 g/mol. The highest BCUT2D eigenvalue weighted by Gasteiger charge is 2.40. The highest BCUT2D eigenvalue weighted by molar-refractivity contribution is 5.99. The molecule has 226 valence electrons. The first kappa shape index (κ1) is 29.5. The molecule has 0 unspecified atom stereocenters. The second-order valence-corrected chi connectivity index (χ2v) is 10.4. The van der Waals surface area contributed by atoms with Crippen molar-refractivity contribution in [1.29, 1.82) is 0 Å². The van der Waals surface area contributed by atoms with Crippen LogP contribution in [0.15, 0.2) is 58.6 Å². The van der Waals surface area contributed by atoms with E-state index < -0.39 is 46.4 Å². The van der Waals surface area contributed by atoms with Gasteiger partial charge in [-0.1, -0.05) is 23.4 Å². The number of carbonyl (C=O) groups is 2. The molecule has 1 aromatic heterocycles. The average molecular weight is 596 g/mol. The Morgan fingerprint density at radius 3 is 2.63 bits per heavy atom. The van der Waals surface area contributed by atoms with Gasteiger partial charge in [-0.15, -0.1) is 0 Å². The minimum Gasteiger partial charge on any atom is -0.503 e. The molecule has 2 amide bonds. The maximum Gasteiger partial charge on any atom is 0.274 e. The van der Waals surface area contributed by atoms with Gasteiger partial charge in [0.25, 0.3) is 11.8 Å². The molecule has 11 nitrogen and oxygen atoms in total. The number of hydrogen-bond acceptors (Lipinski definition) is 8. The van der Waals surface area contributed by atoms with E-state index in [0.717, 1.165) is 11.6 Å². The first-order chi connectivity index (χ1) is 20.6. The van der Waals surface area contributed by atoms with Gasteiger partial charge in [-0.3, -0.25) is 14.4 Å². The first-order valence-electron chi connectivity index (χ1n) is 13.7. The molecule has 2 bridgehead atoms. The van der Waals surface area contributed by atoms with Crippen LogP contribution in [0.3, 0.4) is 0 Å². The van der Waals surface area contributed by atoms with E-state index in [4.69, 9.17) is 9.57 Å². The molecule has 0 radical (unpaired) electrons. The fourth-order valence-corrected chi connectivity index (χ4v) is 5.21. The van der Waals surface area contributed by atoms with E-state index in [1.54, 1.807) is 31.1 Å². The fraction of sp³-hybridized carbons (Fsp3) is 0.333. The van der Waals surface area contributed by atoms with Crippen LogP contribution in [-0.2, 0) is 17.9 Å². The summed E-state index contributed by atoms with van der Waals surface area (Å²) in [7, 11) is 1.57. The predicted molar refractivity (Wildman–Crippen MR) is 152 cm³/mol. The third-order valence-electron chi connectivity index (χ3n) is 7.70. The van der Waals surface area contributed by atoms with Crippen LogP contribution in [0.1, 0.15) is 58.4 Å². The molecule has 2 N–H and O–H groups in total. The molecule has 3 aromatic rings. The van der Waals surface area contributed by atoms with Crippen LogP contribution >= 0.6 is 0 Å². The van der Waals surface area contributed by atoms with E-state index in [2.05, 4.69) is 10.5 Å². The summed E-state index contributed by atoms with van der Waals surface area (Å²) >= 11 is 0. The Hall–Kier alpha value is -4.94. The Morgan fingerprint density at radius 2 is 1.93 bits per heavy atom. The largest absolute Gasteiger partial charge is 0.503 e. The molecule has 0 aliphatic carbocycles. The van der Waals surface area contributed by atoms with Crippen LogP contribution in [0.2, 0.25) is 0 Å². The van der Waals surface area contributed by atoms with Gasteiger partial charge >= 0.3 is 0 Å². The van der Waals surface area contributed by atoms with Crippen LogP contribution in [0.25, 0.3) is 0 Å². The summed E-state index contributed by atoms with van der Waals surface area (Å²) in [5.74, 6) is -2.85. The number of fused-ring (bicyclic) bond motifs is 4. The molecule has 13 heteroatoms. The molecule has 0 fully saturated rings. The molecule has 0 saturated heterocycles. The van der Waals surface area contributed by atoms with Crippen molar-refractivity contribution < 1.29 is 33.1 Å². The van der Waals surface area contributed by atoms with E-state index in [1.165, 1.54) is 16.8 Å². The van der Waals surface area contributed by atoms with Gasteiger partial charge in [-0.05, 0) is 37.6 Å². The number of amides is 2. The zero-order valence-corrected chi connectivity index (χ0v) is 23.8. The van der Waals surface area contributed by atoms with Crippen molar-refractivity contribution in [3.8, 4) is 11.5 Å². The van der Waals surface area contributed by atoms with Crippen molar-refractivity contribution in [3.63, 3.8) is 0 Å². The molecular weight excluding hydrogens is 564 g/mol. The van der Waals surface area contributed by atoms with Crippen molar-refractivity contribution in [2.24, 2.45) is 5.16 Å². The Labute approximate surface area is 245 Å². The number of pyridine rings is 1. The second kappa shape index (κ2) is 12.1. The zero-order valence-electron chi connectivity index (χ0n) is 23.8. The van der Waals surface area contributed by atoms with Gasteiger partial charge < -0.3 is 34.4 Å². The third kappa shape index (κ3) is 5.87. The number of amidine groups is 1. The molecule has 2 aliphatic rings. The Balaban J connectivity index is 1.58. The first-order valence-corrected chi connectivity index (χ1v) is 13.7. The highest BCUT2D eigenvalue weighted by Crippen LogP contribution is 2.32. The van der Waals surface area contributed by atoms with Crippen molar-refractivity contribution in [1.82, 2.24) is 19.7 Å². The Morgan fingerprint density at radius 1 is 1.19 bits per heavy atom. The predicted octanol–water partition coefficient (Wildman–Crippen LogP) is 3.37. The lowest BCUT2D eigenvalue weighted by Gasteiger charge is -2.44. The minimum absolute atomic E-state index is 0.00155. The van der Waals surface area contributed by atoms with Gasteiger partial charge in [-0.2, -0.15) is 0 Å². The summed E-state index contributed by atoms with van der Waals surface area (Å²) in [5, 5.41) is 17.8. The van der Waals surface area contributed by atoms with E-state index >= 15 is 0 Å². The number of nitrogens with zero attached hydrogens (tertiary/aromatic N) is 4. The smallest absolute Gasteiger partial charge is 0.274 e. The summed E-state index contributed by atoms with van der Waals surface area (Å²) < 4.78 is 34.1. The number of aromatic hydroxyl groups is 1. The van der Waals surface area contributed by atoms with Gasteiger partial charge in [0.05, 0.1) is 13.7 Å². The van der Waals surface area contributed by atoms with E-state index in [0.29, 0.717) is 30.6 Å². The number of hydrogen-bond donors (Lipinski definition) is 2. The molecule has 2 aromatic carbocycles. The summed E-state index contributed by atoms with van der Waals surface area (Å²) in [6.07, 6.45) is 0.966. The number of nitrogens with one attached hydrogen (secondary N) is 1. The number of benzene rings is 2. The van der Waals surface area contributed by atoms with Crippen LogP contribution < -0.4 is 15.5 Å². The van der Waals surface area contributed by atoms with Gasteiger partial charge in [0, 0.05) is 43.4 Å². The standard InChI is InChI=1S/C30H31F2N5O6/c1-17-10-11-43-34-18(2)36(14-19-4-8-22(42-3)9-5-19)25-16-35(17)30(41)26-28(39)27(38)23(15-37(25)26)29(40)33-13-20-6-7-21(31)12-24(20)32/h4-9,12,15,17,25,39H,10-11,13-14,16H2,1-3H3,(H,33,40)/b34-18-/t17-,25+/m0/s1. The van der Waals surface area contributed by atoms with Crippen molar-refractivity contribution >= 4 is 17.6 Å². The second-order valence-electron chi connectivity index (χ2n) is 10.4. The molecule has 3 heterocycles. The molecule has 2 atom stereocenters. The number of methoxy groups -OCH3 is 1. The maximum atomic E-state index is 14.1. The average Bonchev–Trinajstić information content (AvgIpc) is 2.99. The third-order valence-corrected chi connectivity index (χ3v) is 7.70. The molecule has 0 saturated carbocycles. The maximum absolute atomic E-state index is 14.1. The van der Waals surface area contributed by atoms with Crippen molar-refractivity contribution in [2.45, 2.75) is 45.6 Å². The lowest BCUT2D eigenvalue weighted by molar-refractivity contribution is 0.0317. The Bertz CT molecular complexity index is 1640. The van der Waals surface area contributed by atoms with Crippen molar-refractivity contribution in [2.75, 3.05) is 20.3 Å². The number of ether oxygens (including phenoxy) is 1. The molecular formula is C30H31F2N5O6. The van der Waals surface area contributed by atoms with Crippen molar-refractivity contribution in [3.05, 3.63) is 92.9 Å². The number of aromatic nitrogens is 1. The minimum atomic E-state index is -1.05. The number of carbonyl (C=O) groups excluding carboxylic acids is 2. The van der Waals surface area contributed by atoms with Gasteiger partial charge in [-0.25, -0.2) is 8.78 Å². The van der Waals surface area contributed by atoms with E-state index in [-0.39, 0.29) is 37.0 Å². The van der Waals surface area contributed by atoms with E-state index in [1.807, 2.05) is 24.0 Å². The highest BCUT2D eigenvalue weighted by atomic mass is 19.1. The van der Waals surface area contributed by atoms with Crippen LogP contribution in [0, 0.1) is 11.6 Å². The zero-order chi connectivity index (χ0) is 30.8. The van der Waals surface area contributed by atoms with Crippen LogP contribution in [0.4, 0.5) is 8.78 Å². The number of rotatable bonds is 6. The summed E-state index contributed by atoms with van der Waals surface area (Å²) in [5.41, 5.74) is -0.891. The Kier molecular flexibility index (Phi) is 8.33. The lowest BCUT2D eigenvalue weighted by atomic mass is 10.1. The lowest BCUT2D eigenvalue weighted by Crippen LogP contribution is -2.54. The van der Waals surface area contributed by atoms with Crippen LogP contribution in [0.5, 0.6) is 11.5 Å². The molecule has 0 spiro atoms. The topological polar surface area (TPSA) is 126 Å². The van der Waals surface area contributed by atoms with Gasteiger partial charge in [0.15, 0.2) is 11.4 Å². The van der Waals surface area contributed by atoms with Gasteiger partial charge in [0.2, 0.25) is 5.43 Å². The summed E-state index contributed by atoms with van der Waals surface area (Å²) in [4.78, 5) is 49.1. The quantitative estimate of drug-likeness (QED) is 0.448. The van der Waals surface area contributed by atoms with E-state index in [9.17, 15) is 28.3 Å². The molecule has 5 rings (SSSR count). The van der Waals surface area contributed by atoms with Gasteiger partial charge in [0.1, 0.15) is 41.6 Å². The number of halogens is 2. The SMILES string of the molecule is COc1ccc(CN2/C(C)=N\OCC[C@H](C)N3C[C@H]2n2cc(C(=O)NCc4ccc(F)cc4F)c(=O)c(O)c2C3=O)cc1. The molecule has 43 heavy (non-hydrogen) atoms.